The van der Waals surface area contributed by atoms with Crippen molar-refractivity contribution in [3.05, 3.63) is 59.7 Å². The first kappa shape index (κ1) is 14.0. The van der Waals surface area contributed by atoms with Gasteiger partial charge in [0.1, 0.15) is 11.9 Å². The standard InChI is InChI=1S/C18H22N2O/c1-14-6-5-7-15(10-14)12-20(2)13-16-11-19-17-8-3-4-9-18(17)21-16/h3-10,16,19H,11-13H2,1-2H3. The van der Waals surface area contributed by atoms with Gasteiger partial charge in [0, 0.05) is 13.1 Å². The summed E-state index contributed by atoms with van der Waals surface area (Å²) in [5, 5.41) is 3.44. The molecule has 0 saturated heterocycles. The molecule has 0 aromatic heterocycles. The average Bonchev–Trinajstić information content (AvgIpc) is 2.47. The lowest BCUT2D eigenvalue weighted by atomic mass is 10.1. The van der Waals surface area contributed by atoms with Crippen LogP contribution in [0.5, 0.6) is 5.75 Å². The normalized spacial score (nSPS) is 17.0. The number of hydrogen-bond donors (Lipinski definition) is 1. The molecule has 0 amide bonds. The lowest BCUT2D eigenvalue weighted by molar-refractivity contribution is 0.148. The Labute approximate surface area is 126 Å². The number of benzene rings is 2. The molecule has 1 aliphatic heterocycles. The summed E-state index contributed by atoms with van der Waals surface area (Å²) in [5.41, 5.74) is 3.75. The first-order chi connectivity index (χ1) is 10.2. The summed E-state index contributed by atoms with van der Waals surface area (Å²) < 4.78 is 6.06. The number of ether oxygens (including phenoxy) is 1. The Morgan fingerprint density at radius 2 is 2.05 bits per heavy atom. The van der Waals surface area contributed by atoms with Crippen molar-refractivity contribution in [2.75, 3.05) is 25.5 Å². The number of anilines is 1. The van der Waals surface area contributed by atoms with Crippen molar-refractivity contribution in [1.82, 2.24) is 4.90 Å². The Balaban J connectivity index is 1.57. The van der Waals surface area contributed by atoms with Gasteiger partial charge in [-0.25, -0.2) is 0 Å². The summed E-state index contributed by atoms with van der Waals surface area (Å²) in [5.74, 6) is 0.956. The Morgan fingerprint density at radius 3 is 2.90 bits per heavy atom. The van der Waals surface area contributed by atoms with Gasteiger partial charge in [-0.15, -0.1) is 0 Å². The topological polar surface area (TPSA) is 24.5 Å². The second-order valence-electron chi connectivity index (χ2n) is 5.80. The first-order valence-electron chi connectivity index (χ1n) is 7.44. The van der Waals surface area contributed by atoms with Gasteiger partial charge in [-0.1, -0.05) is 42.0 Å². The summed E-state index contributed by atoms with van der Waals surface area (Å²) in [7, 11) is 2.15. The second-order valence-corrected chi connectivity index (χ2v) is 5.80. The van der Waals surface area contributed by atoms with Crippen molar-refractivity contribution in [1.29, 1.82) is 0 Å². The van der Waals surface area contributed by atoms with Crippen LogP contribution in [-0.2, 0) is 6.54 Å². The molecule has 1 atom stereocenters. The average molecular weight is 282 g/mol. The van der Waals surface area contributed by atoms with Crippen LogP contribution in [0, 0.1) is 6.92 Å². The van der Waals surface area contributed by atoms with Gasteiger partial charge >= 0.3 is 0 Å². The summed E-state index contributed by atoms with van der Waals surface area (Å²) in [4.78, 5) is 2.31. The molecule has 1 unspecified atom stereocenters. The fourth-order valence-electron chi connectivity index (χ4n) is 2.80. The van der Waals surface area contributed by atoms with E-state index in [-0.39, 0.29) is 6.10 Å². The highest BCUT2D eigenvalue weighted by Gasteiger charge is 2.20. The largest absolute Gasteiger partial charge is 0.485 e. The van der Waals surface area contributed by atoms with Crippen molar-refractivity contribution in [3.8, 4) is 5.75 Å². The van der Waals surface area contributed by atoms with Crippen LogP contribution in [-0.4, -0.2) is 31.1 Å². The van der Waals surface area contributed by atoms with Crippen LogP contribution in [0.2, 0.25) is 0 Å². The van der Waals surface area contributed by atoms with Gasteiger partial charge in [0.05, 0.1) is 12.2 Å². The van der Waals surface area contributed by atoms with Crippen molar-refractivity contribution in [3.63, 3.8) is 0 Å². The molecule has 21 heavy (non-hydrogen) atoms. The third-order valence-electron chi connectivity index (χ3n) is 3.75. The lowest BCUT2D eigenvalue weighted by Gasteiger charge is -2.30. The number of para-hydroxylation sites is 2. The smallest absolute Gasteiger partial charge is 0.142 e. The summed E-state index contributed by atoms with van der Waals surface area (Å²) in [6, 6.07) is 16.8. The minimum atomic E-state index is 0.190. The molecule has 3 rings (SSSR count). The molecule has 2 aromatic rings. The van der Waals surface area contributed by atoms with Gasteiger partial charge in [-0.2, -0.15) is 0 Å². The second kappa shape index (κ2) is 6.19. The molecule has 0 radical (unpaired) electrons. The molecule has 3 heteroatoms. The molecule has 0 aliphatic carbocycles. The van der Waals surface area contributed by atoms with Crippen LogP contribution < -0.4 is 10.1 Å². The summed E-state index contributed by atoms with van der Waals surface area (Å²) in [6.07, 6.45) is 0.190. The molecule has 0 spiro atoms. The van der Waals surface area contributed by atoms with Gasteiger partial charge in [0.2, 0.25) is 0 Å². The summed E-state index contributed by atoms with van der Waals surface area (Å²) >= 11 is 0. The zero-order valence-electron chi connectivity index (χ0n) is 12.7. The summed E-state index contributed by atoms with van der Waals surface area (Å²) in [6.45, 7) is 4.85. The van der Waals surface area contributed by atoms with Gasteiger partial charge in [0.25, 0.3) is 0 Å². The maximum Gasteiger partial charge on any atom is 0.142 e. The van der Waals surface area contributed by atoms with E-state index >= 15 is 0 Å². The molecule has 1 heterocycles. The number of aryl methyl sites for hydroxylation is 1. The van der Waals surface area contributed by atoms with Gasteiger partial charge in [-0.05, 0) is 31.7 Å². The quantitative estimate of drug-likeness (QED) is 0.931. The van der Waals surface area contributed by atoms with E-state index < -0.39 is 0 Å². The van der Waals surface area contributed by atoms with Crippen LogP contribution >= 0.6 is 0 Å². The number of nitrogens with one attached hydrogen (secondary N) is 1. The lowest BCUT2D eigenvalue weighted by Crippen LogP contribution is -2.40. The molecule has 1 aliphatic rings. The van der Waals surface area contributed by atoms with Crippen LogP contribution in [0.4, 0.5) is 5.69 Å². The highest BCUT2D eigenvalue weighted by molar-refractivity contribution is 5.57. The molecule has 110 valence electrons. The number of rotatable bonds is 4. The van der Waals surface area contributed by atoms with E-state index in [1.807, 2.05) is 18.2 Å². The molecular formula is C18H22N2O. The van der Waals surface area contributed by atoms with E-state index in [2.05, 4.69) is 54.5 Å². The molecule has 1 N–H and O–H groups in total. The van der Waals surface area contributed by atoms with E-state index in [1.165, 1.54) is 11.1 Å². The van der Waals surface area contributed by atoms with Gasteiger partial charge in [-0.3, -0.25) is 4.90 Å². The Hall–Kier alpha value is -2.00. The number of nitrogens with zero attached hydrogens (tertiary/aromatic N) is 1. The third kappa shape index (κ3) is 3.56. The first-order valence-corrected chi connectivity index (χ1v) is 7.44. The molecule has 0 bridgehead atoms. The highest BCUT2D eigenvalue weighted by Crippen LogP contribution is 2.28. The van der Waals surface area contributed by atoms with Crippen LogP contribution in [0.15, 0.2) is 48.5 Å². The van der Waals surface area contributed by atoms with E-state index in [1.54, 1.807) is 0 Å². The number of fused-ring (bicyclic) bond motifs is 1. The van der Waals surface area contributed by atoms with Crippen LogP contribution in [0.3, 0.4) is 0 Å². The number of hydrogen-bond acceptors (Lipinski definition) is 3. The molecular weight excluding hydrogens is 260 g/mol. The SMILES string of the molecule is Cc1cccc(CN(C)CC2CNc3ccccc3O2)c1. The van der Waals surface area contributed by atoms with Crippen molar-refractivity contribution >= 4 is 5.69 Å². The van der Waals surface area contributed by atoms with Gasteiger partial charge in [0.15, 0.2) is 0 Å². The van der Waals surface area contributed by atoms with E-state index in [0.29, 0.717) is 0 Å². The minimum absolute atomic E-state index is 0.190. The molecule has 0 fully saturated rings. The third-order valence-corrected chi connectivity index (χ3v) is 3.75. The molecule has 0 saturated carbocycles. The fraction of sp³-hybridized carbons (Fsp3) is 0.333. The maximum atomic E-state index is 6.06. The Kier molecular flexibility index (Phi) is 4.11. The zero-order valence-corrected chi connectivity index (χ0v) is 12.7. The van der Waals surface area contributed by atoms with Gasteiger partial charge < -0.3 is 10.1 Å². The fourth-order valence-corrected chi connectivity index (χ4v) is 2.80. The van der Waals surface area contributed by atoms with Crippen LogP contribution in [0.25, 0.3) is 0 Å². The minimum Gasteiger partial charge on any atom is -0.485 e. The van der Waals surface area contributed by atoms with E-state index in [0.717, 1.165) is 31.1 Å². The molecule has 2 aromatic carbocycles. The predicted octanol–water partition coefficient (Wildman–Crippen LogP) is 3.30. The number of likely N-dealkylation sites (N-methyl/N-ethyl adjacent to an activating group) is 1. The maximum absolute atomic E-state index is 6.06. The predicted molar refractivity (Wildman–Crippen MR) is 86.9 cm³/mol. The molecule has 3 nitrogen and oxygen atoms in total. The van der Waals surface area contributed by atoms with E-state index in [4.69, 9.17) is 4.74 Å². The zero-order chi connectivity index (χ0) is 14.7. The Bertz CT molecular complexity index is 612. The van der Waals surface area contributed by atoms with E-state index in [9.17, 15) is 0 Å². The van der Waals surface area contributed by atoms with Crippen molar-refractivity contribution in [2.24, 2.45) is 0 Å². The monoisotopic (exact) mass is 282 g/mol. The van der Waals surface area contributed by atoms with Crippen LogP contribution in [0.1, 0.15) is 11.1 Å². The van der Waals surface area contributed by atoms with Crippen molar-refractivity contribution in [2.45, 2.75) is 19.6 Å². The van der Waals surface area contributed by atoms with Crippen molar-refractivity contribution < 1.29 is 4.74 Å². The highest BCUT2D eigenvalue weighted by atomic mass is 16.5. The Morgan fingerprint density at radius 1 is 1.19 bits per heavy atom.